The number of rotatable bonds is 1. The molecule has 2 aromatic heterocycles. The van der Waals surface area contributed by atoms with E-state index in [0.29, 0.717) is 17.0 Å². The minimum atomic E-state index is -0.310. The number of hydrogen-bond donors (Lipinski definition) is 1. The molecule has 5 heteroatoms. The molecule has 112 valence electrons. The SMILES string of the molecule is Cc1nc(N)nc(-c2ccc(F)cc2)c1C#Cc1cccnc1. The third-order valence-corrected chi connectivity index (χ3v) is 3.22. The van der Waals surface area contributed by atoms with Gasteiger partial charge >= 0.3 is 0 Å². The minimum absolute atomic E-state index is 0.161. The summed E-state index contributed by atoms with van der Waals surface area (Å²) in [6, 6.07) is 9.72. The fourth-order valence-corrected chi connectivity index (χ4v) is 2.13. The smallest absolute Gasteiger partial charge is 0.220 e. The first kappa shape index (κ1) is 14.7. The lowest BCUT2D eigenvalue weighted by Crippen LogP contribution is -2.02. The maximum Gasteiger partial charge on any atom is 0.220 e. The highest BCUT2D eigenvalue weighted by Gasteiger charge is 2.11. The summed E-state index contributed by atoms with van der Waals surface area (Å²) in [5, 5.41) is 0. The summed E-state index contributed by atoms with van der Waals surface area (Å²) >= 11 is 0. The van der Waals surface area contributed by atoms with E-state index >= 15 is 0 Å². The molecule has 0 atom stereocenters. The van der Waals surface area contributed by atoms with Crippen LogP contribution in [-0.2, 0) is 0 Å². The molecular weight excluding hydrogens is 291 g/mol. The molecule has 2 N–H and O–H groups in total. The van der Waals surface area contributed by atoms with Gasteiger partial charge in [-0.25, -0.2) is 14.4 Å². The zero-order valence-electron chi connectivity index (χ0n) is 12.4. The second-order valence-electron chi connectivity index (χ2n) is 4.89. The van der Waals surface area contributed by atoms with Gasteiger partial charge in [0.2, 0.25) is 5.95 Å². The van der Waals surface area contributed by atoms with Crippen molar-refractivity contribution in [3.05, 3.63) is 71.4 Å². The van der Waals surface area contributed by atoms with Crippen molar-refractivity contribution in [1.82, 2.24) is 15.0 Å². The van der Waals surface area contributed by atoms with Crippen LogP contribution in [0.25, 0.3) is 11.3 Å². The van der Waals surface area contributed by atoms with Gasteiger partial charge in [-0.1, -0.05) is 11.8 Å². The van der Waals surface area contributed by atoms with Crippen molar-refractivity contribution >= 4 is 5.95 Å². The van der Waals surface area contributed by atoms with Crippen LogP contribution in [0.4, 0.5) is 10.3 Å². The van der Waals surface area contributed by atoms with Crippen molar-refractivity contribution in [2.45, 2.75) is 6.92 Å². The van der Waals surface area contributed by atoms with Crippen molar-refractivity contribution in [1.29, 1.82) is 0 Å². The lowest BCUT2D eigenvalue weighted by Gasteiger charge is -2.07. The number of aromatic nitrogens is 3. The summed E-state index contributed by atoms with van der Waals surface area (Å²) in [6.45, 7) is 1.82. The minimum Gasteiger partial charge on any atom is -0.368 e. The Labute approximate surface area is 133 Å². The molecule has 23 heavy (non-hydrogen) atoms. The highest BCUT2D eigenvalue weighted by molar-refractivity contribution is 5.69. The summed E-state index contributed by atoms with van der Waals surface area (Å²) in [4.78, 5) is 12.5. The van der Waals surface area contributed by atoms with E-state index in [1.807, 2.05) is 19.1 Å². The number of halogens is 1. The summed E-state index contributed by atoms with van der Waals surface area (Å²) < 4.78 is 13.1. The van der Waals surface area contributed by atoms with Gasteiger partial charge in [0.1, 0.15) is 5.82 Å². The van der Waals surface area contributed by atoms with Gasteiger partial charge in [-0.15, -0.1) is 0 Å². The highest BCUT2D eigenvalue weighted by Crippen LogP contribution is 2.24. The number of nitrogens with zero attached hydrogens (tertiary/aromatic N) is 3. The number of aryl methyl sites for hydroxylation is 1. The molecule has 0 aliphatic heterocycles. The second kappa shape index (κ2) is 6.24. The average Bonchev–Trinajstić information content (AvgIpc) is 2.55. The van der Waals surface area contributed by atoms with Crippen LogP contribution in [0, 0.1) is 24.6 Å². The third-order valence-electron chi connectivity index (χ3n) is 3.22. The van der Waals surface area contributed by atoms with Gasteiger partial charge in [-0.2, -0.15) is 0 Å². The Bertz CT molecular complexity index is 894. The molecule has 0 radical (unpaired) electrons. The van der Waals surface area contributed by atoms with E-state index in [1.165, 1.54) is 12.1 Å². The van der Waals surface area contributed by atoms with Crippen molar-refractivity contribution in [2.75, 3.05) is 5.73 Å². The molecule has 0 aliphatic carbocycles. The van der Waals surface area contributed by atoms with Crippen molar-refractivity contribution in [3.8, 4) is 23.1 Å². The predicted octanol–water partition coefficient (Wildman–Crippen LogP) is 2.97. The number of anilines is 1. The fourth-order valence-electron chi connectivity index (χ4n) is 2.13. The first-order valence-electron chi connectivity index (χ1n) is 6.95. The Balaban J connectivity index is 2.13. The quantitative estimate of drug-likeness (QED) is 0.702. The summed E-state index contributed by atoms with van der Waals surface area (Å²) in [6.07, 6.45) is 3.37. The molecule has 1 aromatic carbocycles. The van der Waals surface area contributed by atoms with Crippen LogP contribution in [0.3, 0.4) is 0 Å². The molecular formula is C18H13FN4. The number of nitrogen functional groups attached to an aromatic ring is 1. The molecule has 3 rings (SSSR count). The van der Waals surface area contributed by atoms with Crippen molar-refractivity contribution in [2.24, 2.45) is 0 Å². The Morgan fingerprint density at radius 1 is 1.04 bits per heavy atom. The monoisotopic (exact) mass is 304 g/mol. The molecule has 4 nitrogen and oxygen atoms in total. The van der Waals surface area contributed by atoms with Crippen LogP contribution in [0.5, 0.6) is 0 Å². The van der Waals surface area contributed by atoms with E-state index < -0.39 is 0 Å². The molecule has 3 aromatic rings. The first-order chi connectivity index (χ1) is 11.1. The molecule has 0 spiro atoms. The van der Waals surface area contributed by atoms with E-state index in [0.717, 1.165) is 11.1 Å². The van der Waals surface area contributed by atoms with Gasteiger partial charge in [0.15, 0.2) is 0 Å². The van der Waals surface area contributed by atoms with Gasteiger partial charge in [-0.3, -0.25) is 4.98 Å². The van der Waals surface area contributed by atoms with Gasteiger partial charge < -0.3 is 5.73 Å². The Morgan fingerprint density at radius 2 is 1.83 bits per heavy atom. The lowest BCUT2D eigenvalue weighted by atomic mass is 10.0. The third kappa shape index (κ3) is 3.33. The van der Waals surface area contributed by atoms with Crippen LogP contribution < -0.4 is 5.73 Å². The molecule has 0 saturated heterocycles. The van der Waals surface area contributed by atoms with E-state index in [2.05, 4.69) is 26.8 Å². The molecule has 0 unspecified atom stereocenters. The zero-order chi connectivity index (χ0) is 16.2. The second-order valence-corrected chi connectivity index (χ2v) is 4.89. The molecule has 0 saturated carbocycles. The fraction of sp³-hybridized carbons (Fsp3) is 0.0556. The maximum atomic E-state index is 13.1. The van der Waals surface area contributed by atoms with E-state index in [9.17, 15) is 4.39 Å². The normalized spacial score (nSPS) is 10.0. The molecule has 0 fully saturated rings. The van der Waals surface area contributed by atoms with Crippen LogP contribution in [0.2, 0.25) is 0 Å². The highest BCUT2D eigenvalue weighted by atomic mass is 19.1. The summed E-state index contributed by atoms with van der Waals surface area (Å²) in [5.41, 5.74) is 9.19. The Hall–Kier alpha value is -3.26. The van der Waals surface area contributed by atoms with Crippen LogP contribution >= 0.6 is 0 Å². The number of benzene rings is 1. The standard InChI is InChI=1S/C18H13FN4/c1-12-16(9-4-13-3-2-10-21-11-13)17(23-18(20)22-12)14-5-7-15(19)8-6-14/h2-3,5-8,10-11H,1H3,(H2,20,22,23). The topological polar surface area (TPSA) is 64.7 Å². The molecule has 0 bridgehead atoms. The Kier molecular flexibility index (Phi) is 3.98. The van der Waals surface area contributed by atoms with Crippen LogP contribution in [0.15, 0.2) is 48.8 Å². The first-order valence-corrected chi connectivity index (χ1v) is 6.95. The van der Waals surface area contributed by atoms with Crippen LogP contribution in [-0.4, -0.2) is 15.0 Å². The maximum absolute atomic E-state index is 13.1. The number of pyridine rings is 1. The largest absolute Gasteiger partial charge is 0.368 e. The molecule has 0 amide bonds. The predicted molar refractivity (Wildman–Crippen MR) is 86.8 cm³/mol. The average molecular weight is 304 g/mol. The lowest BCUT2D eigenvalue weighted by molar-refractivity contribution is 0.628. The number of nitrogens with two attached hydrogens (primary N) is 1. The Morgan fingerprint density at radius 3 is 2.52 bits per heavy atom. The van der Waals surface area contributed by atoms with Gasteiger partial charge in [-0.05, 0) is 43.3 Å². The van der Waals surface area contributed by atoms with E-state index in [4.69, 9.17) is 5.73 Å². The summed E-state index contributed by atoms with van der Waals surface area (Å²) in [7, 11) is 0. The van der Waals surface area contributed by atoms with Crippen molar-refractivity contribution in [3.63, 3.8) is 0 Å². The van der Waals surface area contributed by atoms with Crippen molar-refractivity contribution < 1.29 is 4.39 Å². The van der Waals surface area contributed by atoms with Crippen LogP contribution in [0.1, 0.15) is 16.8 Å². The molecule has 2 heterocycles. The van der Waals surface area contributed by atoms with Gasteiger partial charge in [0.05, 0.1) is 17.0 Å². The van der Waals surface area contributed by atoms with Gasteiger partial charge in [0, 0.05) is 23.5 Å². The zero-order valence-corrected chi connectivity index (χ0v) is 12.4. The van der Waals surface area contributed by atoms with E-state index in [-0.39, 0.29) is 11.8 Å². The number of hydrogen-bond acceptors (Lipinski definition) is 4. The summed E-state index contributed by atoms with van der Waals surface area (Å²) in [5.74, 6) is 5.96. The molecule has 0 aliphatic rings. The van der Waals surface area contributed by atoms with E-state index in [1.54, 1.807) is 24.5 Å². The van der Waals surface area contributed by atoms with Gasteiger partial charge in [0.25, 0.3) is 0 Å².